The molecule has 148 valence electrons. The minimum absolute atomic E-state index is 0.00848. The zero-order valence-corrected chi connectivity index (χ0v) is 16.6. The molecule has 29 heavy (non-hydrogen) atoms. The molecule has 4 rings (SSSR count). The van der Waals surface area contributed by atoms with Crippen LogP contribution in [0.15, 0.2) is 60.8 Å². The maximum atomic E-state index is 12.8. The first-order chi connectivity index (χ1) is 14.1. The molecule has 5 heteroatoms. The summed E-state index contributed by atoms with van der Waals surface area (Å²) in [7, 11) is 0. The largest absolute Gasteiger partial charge is 0.342 e. The summed E-state index contributed by atoms with van der Waals surface area (Å²) < 4.78 is 0. The van der Waals surface area contributed by atoms with E-state index in [9.17, 15) is 9.59 Å². The minimum Gasteiger partial charge on any atom is -0.342 e. The van der Waals surface area contributed by atoms with E-state index < -0.39 is 0 Å². The fraction of sp³-hybridized carbons (Fsp3) is 0.292. The second kappa shape index (κ2) is 8.43. The van der Waals surface area contributed by atoms with E-state index in [1.165, 1.54) is 0 Å². The molecular weight excluding hydrogens is 362 g/mol. The van der Waals surface area contributed by atoms with Crippen LogP contribution < -0.4 is 5.32 Å². The van der Waals surface area contributed by atoms with Crippen molar-refractivity contribution in [3.63, 3.8) is 0 Å². The van der Waals surface area contributed by atoms with Gasteiger partial charge >= 0.3 is 0 Å². The molecule has 1 aromatic heterocycles. The highest BCUT2D eigenvalue weighted by atomic mass is 16.2. The van der Waals surface area contributed by atoms with Crippen LogP contribution in [0.1, 0.15) is 24.0 Å². The quantitative estimate of drug-likeness (QED) is 0.737. The SMILES string of the molecule is Cc1ccccc1CC(=O)N1CCC(C(=O)Nc2cccc3cccnc23)CC1. The summed E-state index contributed by atoms with van der Waals surface area (Å²) in [6.45, 7) is 3.27. The van der Waals surface area contributed by atoms with Gasteiger partial charge in [-0.15, -0.1) is 0 Å². The van der Waals surface area contributed by atoms with Crippen LogP contribution in [0.3, 0.4) is 0 Å². The minimum atomic E-state index is -0.0866. The summed E-state index contributed by atoms with van der Waals surface area (Å²) in [6.07, 6.45) is 3.52. The molecule has 0 radical (unpaired) electrons. The first-order valence-corrected chi connectivity index (χ1v) is 10.1. The Morgan fingerprint density at radius 3 is 2.59 bits per heavy atom. The molecule has 3 aromatic rings. The number of carbonyl (C=O) groups is 2. The first kappa shape index (κ1) is 19.1. The van der Waals surface area contributed by atoms with E-state index in [2.05, 4.69) is 10.3 Å². The number of benzene rings is 2. The lowest BCUT2D eigenvalue weighted by Gasteiger charge is -2.31. The van der Waals surface area contributed by atoms with Gasteiger partial charge < -0.3 is 10.2 Å². The molecule has 2 aromatic carbocycles. The molecule has 1 N–H and O–H groups in total. The van der Waals surface area contributed by atoms with Crippen molar-refractivity contribution in [1.82, 2.24) is 9.88 Å². The van der Waals surface area contributed by atoms with Gasteiger partial charge in [0.1, 0.15) is 0 Å². The second-order valence-corrected chi connectivity index (χ2v) is 7.63. The molecule has 0 bridgehead atoms. The van der Waals surface area contributed by atoms with Crippen LogP contribution >= 0.6 is 0 Å². The van der Waals surface area contributed by atoms with E-state index in [1.54, 1.807) is 6.20 Å². The third kappa shape index (κ3) is 4.29. The number of hydrogen-bond acceptors (Lipinski definition) is 3. The highest BCUT2D eigenvalue weighted by molar-refractivity contribution is 6.01. The number of piperidine rings is 1. The highest BCUT2D eigenvalue weighted by Gasteiger charge is 2.27. The number of pyridine rings is 1. The van der Waals surface area contributed by atoms with E-state index in [4.69, 9.17) is 0 Å². The number of anilines is 1. The maximum Gasteiger partial charge on any atom is 0.227 e. The number of para-hydroxylation sites is 1. The third-order valence-electron chi connectivity index (χ3n) is 5.71. The molecule has 1 saturated heterocycles. The molecule has 0 aliphatic carbocycles. The van der Waals surface area contributed by atoms with Crippen molar-refractivity contribution in [2.45, 2.75) is 26.2 Å². The van der Waals surface area contributed by atoms with Crippen molar-refractivity contribution in [3.05, 3.63) is 71.9 Å². The summed E-state index contributed by atoms with van der Waals surface area (Å²) in [5.74, 6) is 0.0575. The number of nitrogens with one attached hydrogen (secondary N) is 1. The van der Waals surface area contributed by atoms with Crippen molar-refractivity contribution in [1.29, 1.82) is 0 Å². The van der Waals surface area contributed by atoms with Gasteiger partial charge in [-0.05, 0) is 43.0 Å². The Bertz CT molecular complexity index is 1030. The standard InChI is InChI=1S/C24H25N3O2/c1-17-6-2-3-7-20(17)16-22(28)27-14-11-19(12-15-27)24(29)26-21-10-4-8-18-9-5-13-25-23(18)21/h2-10,13,19H,11-12,14-16H2,1H3,(H,26,29). The maximum absolute atomic E-state index is 12.8. The van der Waals surface area contributed by atoms with Gasteiger partial charge in [0.25, 0.3) is 0 Å². The number of aromatic nitrogens is 1. The summed E-state index contributed by atoms with van der Waals surface area (Å²) in [5, 5.41) is 4.04. The molecule has 0 unspecified atom stereocenters. The zero-order chi connectivity index (χ0) is 20.2. The predicted molar refractivity (Wildman–Crippen MR) is 115 cm³/mol. The van der Waals surface area contributed by atoms with Gasteiger partial charge in [0.15, 0.2) is 0 Å². The Morgan fingerprint density at radius 1 is 1.03 bits per heavy atom. The van der Waals surface area contributed by atoms with Crippen LogP contribution in [-0.2, 0) is 16.0 Å². The van der Waals surface area contributed by atoms with Crippen LogP contribution in [0.2, 0.25) is 0 Å². The third-order valence-corrected chi connectivity index (χ3v) is 5.71. The normalized spacial score (nSPS) is 14.7. The van der Waals surface area contributed by atoms with Crippen molar-refractivity contribution < 1.29 is 9.59 Å². The van der Waals surface area contributed by atoms with Crippen LogP contribution in [0, 0.1) is 12.8 Å². The van der Waals surface area contributed by atoms with E-state index >= 15 is 0 Å². The fourth-order valence-electron chi connectivity index (χ4n) is 3.91. The topological polar surface area (TPSA) is 62.3 Å². The number of likely N-dealkylation sites (tertiary alicyclic amines) is 1. The number of carbonyl (C=O) groups excluding carboxylic acids is 2. The van der Waals surface area contributed by atoms with E-state index in [1.807, 2.05) is 66.4 Å². The molecule has 1 fully saturated rings. The van der Waals surface area contributed by atoms with Gasteiger partial charge in [0.05, 0.1) is 17.6 Å². The fourth-order valence-corrected chi connectivity index (χ4v) is 3.91. The monoisotopic (exact) mass is 387 g/mol. The lowest BCUT2D eigenvalue weighted by Crippen LogP contribution is -2.42. The van der Waals surface area contributed by atoms with E-state index in [0.29, 0.717) is 32.4 Å². The predicted octanol–water partition coefficient (Wildman–Crippen LogP) is 3.96. The Hall–Kier alpha value is -3.21. The molecular formula is C24H25N3O2. The Kier molecular flexibility index (Phi) is 5.56. The van der Waals surface area contributed by atoms with Crippen molar-refractivity contribution in [3.8, 4) is 0 Å². The molecule has 5 nitrogen and oxygen atoms in total. The molecule has 2 heterocycles. The average molecular weight is 387 g/mol. The molecule has 1 aliphatic rings. The van der Waals surface area contributed by atoms with Gasteiger partial charge in [-0.2, -0.15) is 0 Å². The second-order valence-electron chi connectivity index (χ2n) is 7.63. The molecule has 0 atom stereocenters. The Morgan fingerprint density at radius 2 is 1.79 bits per heavy atom. The Balaban J connectivity index is 1.35. The lowest BCUT2D eigenvalue weighted by atomic mass is 9.95. The summed E-state index contributed by atoms with van der Waals surface area (Å²) in [4.78, 5) is 31.7. The zero-order valence-electron chi connectivity index (χ0n) is 16.6. The van der Waals surface area contributed by atoms with Crippen molar-refractivity contribution in [2.24, 2.45) is 5.92 Å². The molecule has 1 aliphatic heterocycles. The first-order valence-electron chi connectivity index (χ1n) is 10.1. The molecule has 0 saturated carbocycles. The smallest absolute Gasteiger partial charge is 0.227 e. The van der Waals surface area contributed by atoms with E-state index in [-0.39, 0.29) is 17.7 Å². The molecule has 0 spiro atoms. The summed E-state index contributed by atoms with van der Waals surface area (Å²) >= 11 is 0. The van der Waals surface area contributed by atoms with Gasteiger partial charge in [-0.25, -0.2) is 0 Å². The molecule has 2 amide bonds. The number of nitrogens with zero attached hydrogens (tertiary/aromatic N) is 2. The number of aryl methyl sites for hydroxylation is 1. The van der Waals surface area contributed by atoms with Gasteiger partial charge in [0.2, 0.25) is 11.8 Å². The summed E-state index contributed by atoms with van der Waals surface area (Å²) in [5.41, 5.74) is 3.75. The number of fused-ring (bicyclic) bond motifs is 1. The summed E-state index contributed by atoms with van der Waals surface area (Å²) in [6, 6.07) is 17.6. The highest BCUT2D eigenvalue weighted by Crippen LogP contribution is 2.24. The van der Waals surface area contributed by atoms with Crippen LogP contribution in [0.4, 0.5) is 5.69 Å². The van der Waals surface area contributed by atoms with Gasteiger partial charge in [-0.3, -0.25) is 14.6 Å². The van der Waals surface area contributed by atoms with E-state index in [0.717, 1.165) is 27.7 Å². The number of hydrogen-bond donors (Lipinski definition) is 1. The average Bonchev–Trinajstić information content (AvgIpc) is 2.75. The number of rotatable bonds is 4. The van der Waals surface area contributed by atoms with Crippen LogP contribution in [0.25, 0.3) is 10.9 Å². The lowest BCUT2D eigenvalue weighted by molar-refractivity contribution is -0.133. The van der Waals surface area contributed by atoms with Crippen LogP contribution in [-0.4, -0.2) is 34.8 Å². The van der Waals surface area contributed by atoms with Crippen molar-refractivity contribution >= 4 is 28.4 Å². The number of amides is 2. The van der Waals surface area contributed by atoms with Crippen LogP contribution in [0.5, 0.6) is 0 Å². The Labute approximate surface area is 170 Å². The van der Waals surface area contributed by atoms with Gasteiger partial charge in [0, 0.05) is 30.6 Å². The van der Waals surface area contributed by atoms with Crippen molar-refractivity contribution in [2.75, 3.05) is 18.4 Å². The van der Waals surface area contributed by atoms with Gasteiger partial charge in [-0.1, -0.05) is 42.5 Å².